The largest absolute Gasteiger partial charge is 0.490 e. The van der Waals surface area contributed by atoms with Gasteiger partial charge in [0.2, 0.25) is 5.76 Å². The summed E-state index contributed by atoms with van der Waals surface area (Å²) in [6.07, 6.45) is 0.624. The van der Waals surface area contributed by atoms with Crippen LogP contribution in [0.3, 0.4) is 0 Å². The molecule has 1 aromatic carbocycles. The molecule has 0 atom stereocenters. The molecule has 0 fully saturated rings. The van der Waals surface area contributed by atoms with Gasteiger partial charge in [-0.3, -0.25) is 0 Å². The molecule has 3 heteroatoms. The number of benzene rings is 1. The van der Waals surface area contributed by atoms with Gasteiger partial charge >= 0.3 is 5.97 Å². The molecule has 0 aliphatic carbocycles. The molecule has 0 amide bonds. The van der Waals surface area contributed by atoms with E-state index >= 15 is 0 Å². The van der Waals surface area contributed by atoms with Crippen LogP contribution in [0.5, 0.6) is 0 Å². The van der Waals surface area contributed by atoms with Crippen LogP contribution in [0, 0.1) is 0 Å². The Bertz CT molecular complexity index is 366. The second-order valence-electron chi connectivity index (χ2n) is 3.04. The van der Waals surface area contributed by atoms with Gasteiger partial charge in [0.25, 0.3) is 0 Å². The van der Waals surface area contributed by atoms with Gasteiger partial charge < -0.3 is 9.84 Å². The van der Waals surface area contributed by atoms with Crippen molar-refractivity contribution in [3.8, 4) is 0 Å². The summed E-state index contributed by atoms with van der Waals surface area (Å²) in [6, 6.07) is 9.39. The molecule has 80 valence electrons. The molecule has 0 bridgehead atoms. The van der Waals surface area contributed by atoms with Crippen molar-refractivity contribution in [2.75, 3.05) is 7.11 Å². The molecule has 0 radical (unpaired) electrons. The molecule has 0 heterocycles. The quantitative estimate of drug-likeness (QED) is 0.608. The lowest BCUT2D eigenvalue weighted by atomic mass is 10.0. The second-order valence-corrected chi connectivity index (χ2v) is 3.04. The van der Waals surface area contributed by atoms with Gasteiger partial charge in [0.1, 0.15) is 0 Å². The maximum atomic E-state index is 10.9. The molecule has 1 N–H and O–H groups in total. The lowest BCUT2D eigenvalue weighted by Gasteiger charge is -2.09. The molecule has 0 saturated heterocycles. The zero-order valence-electron chi connectivity index (χ0n) is 8.86. The Balaban J connectivity index is 3.23. The first kappa shape index (κ1) is 11.3. The van der Waals surface area contributed by atoms with Crippen LogP contribution >= 0.6 is 0 Å². The van der Waals surface area contributed by atoms with Gasteiger partial charge in [-0.25, -0.2) is 4.79 Å². The first-order chi connectivity index (χ1) is 7.20. The standard InChI is InChI=1S/C12H14O3/c1-3-10(11(15-2)12(13)14)9-7-5-4-6-8-9/h4-8H,3H2,1-2H3,(H,13,14). The van der Waals surface area contributed by atoms with E-state index in [1.807, 2.05) is 37.3 Å². The third-order valence-electron chi connectivity index (χ3n) is 2.15. The van der Waals surface area contributed by atoms with Crippen LogP contribution in [0.15, 0.2) is 36.1 Å². The first-order valence-corrected chi connectivity index (χ1v) is 4.76. The third-order valence-corrected chi connectivity index (χ3v) is 2.15. The highest BCUT2D eigenvalue weighted by Crippen LogP contribution is 2.22. The van der Waals surface area contributed by atoms with E-state index < -0.39 is 5.97 Å². The lowest BCUT2D eigenvalue weighted by molar-refractivity contribution is -0.135. The van der Waals surface area contributed by atoms with E-state index in [9.17, 15) is 4.79 Å². The smallest absolute Gasteiger partial charge is 0.371 e. The molecular formula is C12H14O3. The topological polar surface area (TPSA) is 46.5 Å². The van der Waals surface area contributed by atoms with Crippen molar-refractivity contribution in [3.63, 3.8) is 0 Å². The molecule has 0 spiro atoms. The highest BCUT2D eigenvalue weighted by atomic mass is 16.5. The Morgan fingerprint density at radius 2 is 1.93 bits per heavy atom. The van der Waals surface area contributed by atoms with Crippen LogP contribution < -0.4 is 0 Å². The Morgan fingerprint density at radius 1 is 1.33 bits per heavy atom. The number of hydrogen-bond acceptors (Lipinski definition) is 2. The van der Waals surface area contributed by atoms with Crippen molar-refractivity contribution < 1.29 is 14.6 Å². The average Bonchev–Trinajstić information content (AvgIpc) is 2.26. The van der Waals surface area contributed by atoms with E-state index in [0.29, 0.717) is 12.0 Å². The molecular weight excluding hydrogens is 192 g/mol. The van der Waals surface area contributed by atoms with Gasteiger partial charge in [0.05, 0.1) is 7.11 Å². The van der Waals surface area contributed by atoms with Gasteiger partial charge in [-0.1, -0.05) is 37.3 Å². The molecule has 1 rings (SSSR count). The summed E-state index contributed by atoms with van der Waals surface area (Å²) in [5.41, 5.74) is 1.60. The van der Waals surface area contributed by atoms with Gasteiger partial charge in [0, 0.05) is 5.57 Å². The summed E-state index contributed by atoms with van der Waals surface area (Å²) in [7, 11) is 1.38. The number of carbonyl (C=O) groups is 1. The Kier molecular flexibility index (Phi) is 3.92. The zero-order valence-corrected chi connectivity index (χ0v) is 8.86. The van der Waals surface area contributed by atoms with Crippen LogP contribution in [0.4, 0.5) is 0 Å². The number of hydrogen-bond donors (Lipinski definition) is 1. The monoisotopic (exact) mass is 206 g/mol. The van der Waals surface area contributed by atoms with Crippen molar-refractivity contribution >= 4 is 11.5 Å². The number of ether oxygens (including phenoxy) is 1. The normalized spacial score (nSPS) is 11.9. The van der Waals surface area contributed by atoms with Crippen LogP contribution in [0.2, 0.25) is 0 Å². The molecule has 0 unspecified atom stereocenters. The third kappa shape index (κ3) is 2.59. The maximum absolute atomic E-state index is 10.9. The van der Waals surface area contributed by atoms with E-state index in [2.05, 4.69) is 0 Å². The fraction of sp³-hybridized carbons (Fsp3) is 0.250. The van der Waals surface area contributed by atoms with Gasteiger partial charge in [0.15, 0.2) is 0 Å². The highest BCUT2D eigenvalue weighted by Gasteiger charge is 2.14. The summed E-state index contributed by atoms with van der Waals surface area (Å²) in [5, 5.41) is 8.95. The predicted molar refractivity (Wildman–Crippen MR) is 58.3 cm³/mol. The first-order valence-electron chi connectivity index (χ1n) is 4.76. The number of methoxy groups -OCH3 is 1. The zero-order chi connectivity index (χ0) is 11.3. The number of allylic oxidation sites excluding steroid dienone is 1. The molecule has 0 aromatic heterocycles. The van der Waals surface area contributed by atoms with E-state index in [1.165, 1.54) is 7.11 Å². The number of rotatable bonds is 4. The average molecular weight is 206 g/mol. The maximum Gasteiger partial charge on any atom is 0.371 e. The van der Waals surface area contributed by atoms with Gasteiger partial charge in [-0.15, -0.1) is 0 Å². The molecule has 3 nitrogen and oxygen atoms in total. The fourth-order valence-corrected chi connectivity index (χ4v) is 1.47. The number of aliphatic carboxylic acids is 1. The SMILES string of the molecule is CCC(=C(OC)C(=O)O)c1ccccc1. The minimum absolute atomic E-state index is 0.0173. The van der Waals surface area contributed by atoms with Crippen molar-refractivity contribution in [1.29, 1.82) is 0 Å². The molecule has 0 saturated carbocycles. The summed E-state index contributed by atoms with van der Waals surface area (Å²) < 4.78 is 4.90. The Labute approximate surface area is 89.0 Å². The minimum atomic E-state index is -1.03. The van der Waals surface area contributed by atoms with Crippen LogP contribution in [0.25, 0.3) is 5.57 Å². The molecule has 15 heavy (non-hydrogen) atoms. The molecule has 1 aromatic rings. The summed E-state index contributed by atoms with van der Waals surface area (Å²) in [4.78, 5) is 10.9. The number of carboxylic acid groups (broad SMARTS) is 1. The Hall–Kier alpha value is -1.77. The van der Waals surface area contributed by atoms with Crippen molar-refractivity contribution in [1.82, 2.24) is 0 Å². The Morgan fingerprint density at radius 3 is 2.33 bits per heavy atom. The fourth-order valence-electron chi connectivity index (χ4n) is 1.47. The van der Waals surface area contributed by atoms with Crippen molar-refractivity contribution in [2.24, 2.45) is 0 Å². The van der Waals surface area contributed by atoms with Crippen LogP contribution in [-0.2, 0) is 9.53 Å². The van der Waals surface area contributed by atoms with E-state index in [4.69, 9.17) is 9.84 Å². The van der Waals surface area contributed by atoms with E-state index in [-0.39, 0.29) is 5.76 Å². The van der Waals surface area contributed by atoms with E-state index in [0.717, 1.165) is 5.56 Å². The van der Waals surface area contributed by atoms with E-state index in [1.54, 1.807) is 0 Å². The summed E-state index contributed by atoms with van der Waals surface area (Å²) >= 11 is 0. The number of carboxylic acids is 1. The molecule has 0 aliphatic heterocycles. The predicted octanol–water partition coefficient (Wildman–Crippen LogP) is 2.54. The summed E-state index contributed by atoms with van der Waals surface area (Å²) in [6.45, 7) is 1.91. The van der Waals surface area contributed by atoms with Crippen LogP contribution in [0.1, 0.15) is 18.9 Å². The lowest BCUT2D eigenvalue weighted by Crippen LogP contribution is -2.06. The van der Waals surface area contributed by atoms with Crippen molar-refractivity contribution in [2.45, 2.75) is 13.3 Å². The van der Waals surface area contributed by atoms with Crippen LogP contribution in [-0.4, -0.2) is 18.2 Å². The van der Waals surface area contributed by atoms with Crippen molar-refractivity contribution in [3.05, 3.63) is 41.7 Å². The van der Waals surface area contributed by atoms with Gasteiger partial charge in [-0.2, -0.15) is 0 Å². The summed E-state index contributed by atoms with van der Waals surface area (Å²) in [5.74, 6) is -1.01. The molecule has 0 aliphatic rings. The van der Waals surface area contributed by atoms with Gasteiger partial charge in [-0.05, 0) is 12.0 Å². The minimum Gasteiger partial charge on any atom is -0.490 e. The highest BCUT2D eigenvalue weighted by molar-refractivity contribution is 5.94. The second kappa shape index (κ2) is 5.20.